The fraction of sp³-hybridized carbons (Fsp3) is 0.105. The number of hydrogen-bond acceptors (Lipinski definition) is 1. The molecule has 0 aliphatic heterocycles. The average Bonchev–Trinajstić information content (AvgIpc) is 3.02. The Bertz CT molecular complexity index is 1440. The molecular formula is C38H36OSi. The van der Waals surface area contributed by atoms with Crippen molar-refractivity contribution in [1.29, 1.82) is 0 Å². The molecule has 2 heteroatoms. The van der Waals surface area contributed by atoms with Crippen LogP contribution in [0, 0.1) is 0 Å². The van der Waals surface area contributed by atoms with Gasteiger partial charge in [0.15, 0.2) is 0 Å². The van der Waals surface area contributed by atoms with E-state index in [1.807, 2.05) is 0 Å². The lowest BCUT2D eigenvalue weighted by molar-refractivity contribution is 0.243. The number of rotatable bonds is 10. The van der Waals surface area contributed by atoms with Crippen LogP contribution in [0.3, 0.4) is 0 Å². The second-order valence-electron chi connectivity index (χ2n) is 10.4. The molecular weight excluding hydrogens is 501 g/mol. The summed E-state index contributed by atoms with van der Waals surface area (Å²) < 4.78 is 7.63. The van der Waals surface area contributed by atoms with E-state index < -0.39 is 8.32 Å². The lowest BCUT2D eigenvalue weighted by Crippen LogP contribution is -2.69. The van der Waals surface area contributed by atoms with Crippen LogP contribution < -0.4 is 15.6 Å². The Balaban J connectivity index is 1.68. The topological polar surface area (TPSA) is 9.23 Å². The summed E-state index contributed by atoms with van der Waals surface area (Å²) in [6.45, 7) is 8.87. The van der Waals surface area contributed by atoms with Crippen LogP contribution in [0.1, 0.15) is 31.9 Å². The Kier molecular flexibility index (Phi) is 8.70. The van der Waals surface area contributed by atoms with E-state index in [0.29, 0.717) is 0 Å². The third-order valence-corrected chi connectivity index (χ3v) is 11.3. The van der Waals surface area contributed by atoms with Crippen molar-refractivity contribution in [3.63, 3.8) is 0 Å². The van der Waals surface area contributed by atoms with Crippen LogP contribution in [-0.2, 0) is 4.43 Å². The van der Waals surface area contributed by atoms with Crippen molar-refractivity contribution in [2.45, 2.75) is 26.4 Å². The number of hydrogen-bond donors (Lipinski definition) is 0. The van der Waals surface area contributed by atoms with Crippen molar-refractivity contribution in [3.8, 4) is 11.1 Å². The SMILES string of the molecule is C=C(CC=C(C)C)C(O[Si](c1ccccc1)(c1ccccc1)c1ccccc1)c1ccc(-c2ccccc2)cc1. The third kappa shape index (κ3) is 5.99. The second-order valence-corrected chi connectivity index (χ2v) is 13.7. The molecule has 1 nitrogen and oxygen atoms in total. The molecule has 0 spiro atoms. The zero-order valence-electron chi connectivity index (χ0n) is 23.3. The lowest BCUT2D eigenvalue weighted by atomic mass is 9.97. The minimum Gasteiger partial charge on any atom is -0.393 e. The molecule has 5 aromatic carbocycles. The smallest absolute Gasteiger partial charge is 0.289 e. The van der Waals surface area contributed by atoms with Gasteiger partial charge in [-0.05, 0) is 58.1 Å². The minimum absolute atomic E-state index is 0.285. The first-order valence-corrected chi connectivity index (χ1v) is 15.8. The molecule has 0 amide bonds. The van der Waals surface area contributed by atoms with Gasteiger partial charge >= 0.3 is 0 Å². The molecule has 40 heavy (non-hydrogen) atoms. The molecule has 0 aromatic heterocycles. The van der Waals surface area contributed by atoms with Gasteiger partial charge in [0.2, 0.25) is 0 Å². The average molecular weight is 537 g/mol. The Morgan fingerprint density at radius 2 is 1.00 bits per heavy atom. The van der Waals surface area contributed by atoms with Crippen LogP contribution in [0.5, 0.6) is 0 Å². The molecule has 0 radical (unpaired) electrons. The van der Waals surface area contributed by atoms with Gasteiger partial charge in [0.05, 0.1) is 6.10 Å². The van der Waals surface area contributed by atoms with Crippen molar-refractivity contribution in [2.24, 2.45) is 0 Å². The molecule has 198 valence electrons. The van der Waals surface area contributed by atoms with Crippen molar-refractivity contribution < 1.29 is 4.43 Å². The van der Waals surface area contributed by atoms with E-state index >= 15 is 0 Å². The highest BCUT2D eigenvalue weighted by Gasteiger charge is 2.44. The van der Waals surface area contributed by atoms with E-state index in [4.69, 9.17) is 4.43 Å². The van der Waals surface area contributed by atoms with Crippen LogP contribution >= 0.6 is 0 Å². The zero-order chi connectivity index (χ0) is 27.8. The normalized spacial score (nSPS) is 11.9. The standard InChI is InChI=1S/C38H36OSi/c1-30(2)24-25-31(3)38(34-28-26-33(27-29-34)32-16-8-4-9-17-32)39-40(35-18-10-5-11-19-35,36-20-12-6-13-21-36)37-22-14-7-15-23-37/h4-24,26-29,38H,3,25H2,1-2H3. The summed E-state index contributed by atoms with van der Waals surface area (Å²) in [5.74, 6) is 0. The van der Waals surface area contributed by atoms with Gasteiger partial charge in [0.1, 0.15) is 0 Å². The summed E-state index contributed by atoms with van der Waals surface area (Å²) in [5, 5.41) is 3.65. The molecule has 5 aromatic rings. The fourth-order valence-corrected chi connectivity index (χ4v) is 9.26. The first kappa shape index (κ1) is 27.3. The van der Waals surface area contributed by atoms with Gasteiger partial charge in [0, 0.05) is 0 Å². The molecule has 0 saturated heterocycles. The molecule has 1 atom stereocenters. The third-order valence-electron chi connectivity index (χ3n) is 7.30. The maximum absolute atomic E-state index is 7.63. The summed E-state index contributed by atoms with van der Waals surface area (Å²) >= 11 is 0. The van der Waals surface area contributed by atoms with Gasteiger partial charge in [-0.1, -0.05) is 164 Å². The molecule has 0 heterocycles. The quantitative estimate of drug-likeness (QED) is 0.0998. The van der Waals surface area contributed by atoms with E-state index in [9.17, 15) is 0 Å². The van der Waals surface area contributed by atoms with E-state index in [1.54, 1.807) is 0 Å². The van der Waals surface area contributed by atoms with Crippen molar-refractivity contribution in [3.05, 3.63) is 175 Å². The molecule has 0 aliphatic carbocycles. The maximum atomic E-state index is 7.63. The summed E-state index contributed by atoms with van der Waals surface area (Å²) in [5.41, 5.74) is 5.84. The van der Waals surface area contributed by atoms with Crippen molar-refractivity contribution in [1.82, 2.24) is 0 Å². The fourth-order valence-electron chi connectivity index (χ4n) is 5.21. The second kappa shape index (κ2) is 12.7. The molecule has 0 aliphatic rings. The van der Waals surface area contributed by atoms with E-state index in [2.05, 4.69) is 172 Å². The van der Waals surface area contributed by atoms with Gasteiger partial charge in [-0.25, -0.2) is 0 Å². The van der Waals surface area contributed by atoms with Gasteiger partial charge in [-0.2, -0.15) is 0 Å². The molecule has 5 rings (SSSR count). The highest BCUT2D eigenvalue weighted by atomic mass is 28.4. The van der Waals surface area contributed by atoms with E-state index in [0.717, 1.165) is 17.6 Å². The highest BCUT2D eigenvalue weighted by molar-refractivity contribution is 7.07. The molecule has 0 N–H and O–H groups in total. The van der Waals surface area contributed by atoms with Gasteiger partial charge in [0.25, 0.3) is 8.32 Å². The zero-order valence-corrected chi connectivity index (χ0v) is 24.3. The predicted octanol–water partition coefficient (Wildman–Crippen LogP) is 7.99. The van der Waals surface area contributed by atoms with Crippen molar-refractivity contribution >= 4 is 23.9 Å². The van der Waals surface area contributed by atoms with Crippen LogP contribution in [-0.4, -0.2) is 8.32 Å². The monoisotopic (exact) mass is 536 g/mol. The summed E-state index contributed by atoms with van der Waals surface area (Å²) in [4.78, 5) is 0. The van der Waals surface area contributed by atoms with Gasteiger partial charge in [-0.15, -0.1) is 0 Å². The first-order valence-electron chi connectivity index (χ1n) is 13.9. The van der Waals surface area contributed by atoms with Crippen LogP contribution in [0.25, 0.3) is 11.1 Å². The first-order chi connectivity index (χ1) is 19.6. The van der Waals surface area contributed by atoms with E-state index in [1.165, 1.54) is 32.3 Å². The minimum atomic E-state index is -2.95. The maximum Gasteiger partial charge on any atom is 0.289 e. The predicted molar refractivity (Wildman–Crippen MR) is 173 cm³/mol. The number of benzene rings is 5. The van der Waals surface area contributed by atoms with Gasteiger partial charge < -0.3 is 4.43 Å². The number of allylic oxidation sites excluding steroid dienone is 2. The van der Waals surface area contributed by atoms with E-state index in [-0.39, 0.29) is 6.10 Å². The summed E-state index contributed by atoms with van der Waals surface area (Å²) in [7, 11) is -2.95. The molecule has 0 fully saturated rings. The Morgan fingerprint density at radius 1 is 0.600 bits per heavy atom. The van der Waals surface area contributed by atoms with Crippen LogP contribution in [0.4, 0.5) is 0 Å². The Labute approximate surface area is 240 Å². The van der Waals surface area contributed by atoms with Crippen LogP contribution in [0.2, 0.25) is 0 Å². The lowest BCUT2D eigenvalue weighted by Gasteiger charge is -2.37. The van der Waals surface area contributed by atoms with Crippen LogP contribution in [0.15, 0.2) is 169 Å². The van der Waals surface area contributed by atoms with Gasteiger partial charge in [-0.3, -0.25) is 0 Å². The molecule has 0 saturated carbocycles. The largest absolute Gasteiger partial charge is 0.393 e. The summed E-state index contributed by atoms with van der Waals surface area (Å²) in [6, 6.07) is 51.6. The molecule has 0 bridgehead atoms. The Hall–Kier alpha value is -4.24. The summed E-state index contributed by atoms with van der Waals surface area (Å²) in [6.07, 6.45) is 2.72. The highest BCUT2D eigenvalue weighted by Crippen LogP contribution is 2.32. The Morgan fingerprint density at radius 3 is 1.43 bits per heavy atom. The van der Waals surface area contributed by atoms with Crippen molar-refractivity contribution in [2.75, 3.05) is 0 Å². The molecule has 1 unspecified atom stereocenters.